The molecule has 208 valence electrons. The number of nitrogens with one attached hydrogen (secondary N) is 2. The van der Waals surface area contributed by atoms with E-state index in [1.165, 1.54) is 29.7 Å². The van der Waals surface area contributed by atoms with E-state index < -0.39 is 12.1 Å². The number of hydrogen-bond donors (Lipinski definition) is 3. The van der Waals surface area contributed by atoms with Crippen LogP contribution in [0.25, 0.3) is 10.2 Å². The molecule has 2 aliphatic carbocycles. The van der Waals surface area contributed by atoms with E-state index in [9.17, 15) is 18.0 Å². The van der Waals surface area contributed by atoms with Gasteiger partial charge < -0.3 is 15.2 Å². The summed E-state index contributed by atoms with van der Waals surface area (Å²) in [5.74, 6) is 0.0556. The number of thiazole rings is 1. The summed E-state index contributed by atoms with van der Waals surface area (Å²) >= 11 is 1.45. The van der Waals surface area contributed by atoms with Crippen LogP contribution in [0.15, 0.2) is 72.8 Å². The fourth-order valence-electron chi connectivity index (χ4n) is 4.16. The second-order valence-electron chi connectivity index (χ2n) is 9.75. The number of aromatic nitrogens is 1. The van der Waals surface area contributed by atoms with Crippen LogP contribution in [0.4, 0.5) is 18.3 Å². The van der Waals surface area contributed by atoms with Gasteiger partial charge in [-0.15, -0.1) is 0 Å². The number of fused-ring (bicyclic) bond motifs is 1. The van der Waals surface area contributed by atoms with Crippen LogP contribution in [0.2, 0.25) is 0 Å². The molecule has 2 unspecified atom stereocenters. The first-order valence-corrected chi connectivity index (χ1v) is 13.6. The number of rotatable bonds is 8. The lowest BCUT2D eigenvalue weighted by molar-refractivity contribution is -0.192. The molecule has 2 saturated carbocycles. The molecule has 0 aliphatic heterocycles. The third kappa shape index (κ3) is 7.36. The summed E-state index contributed by atoms with van der Waals surface area (Å²) < 4.78 is 38.6. The van der Waals surface area contributed by atoms with Gasteiger partial charge in [0.15, 0.2) is 5.13 Å². The molecule has 6 rings (SSSR count). The van der Waals surface area contributed by atoms with Gasteiger partial charge in [-0.1, -0.05) is 41.7 Å². The van der Waals surface area contributed by atoms with E-state index in [1.54, 1.807) is 0 Å². The number of benzene rings is 3. The molecule has 1 amide bonds. The molecule has 0 bridgehead atoms. The van der Waals surface area contributed by atoms with Gasteiger partial charge in [0.25, 0.3) is 5.91 Å². The zero-order valence-electron chi connectivity index (χ0n) is 21.1. The Morgan fingerprint density at radius 3 is 2.45 bits per heavy atom. The first kappa shape index (κ1) is 27.6. The molecule has 2 aliphatic rings. The summed E-state index contributed by atoms with van der Waals surface area (Å²) in [6.07, 6.45) is -1.19. The molecular weight excluding hydrogens is 543 g/mol. The Morgan fingerprint density at radius 1 is 1.00 bits per heavy atom. The minimum Gasteiger partial charge on any atom is -0.475 e. The van der Waals surface area contributed by atoms with Crippen LogP contribution in [-0.2, 0) is 4.79 Å². The molecule has 7 nitrogen and oxygen atoms in total. The molecule has 11 heteroatoms. The Bertz CT molecular complexity index is 1510. The van der Waals surface area contributed by atoms with Gasteiger partial charge in [0, 0.05) is 23.6 Å². The number of halogens is 3. The average Bonchev–Trinajstić information content (AvgIpc) is 3.85. The molecule has 0 saturated heterocycles. The quantitative estimate of drug-likeness (QED) is 0.215. The third-order valence-electron chi connectivity index (χ3n) is 6.53. The Hall–Kier alpha value is -3.96. The first-order chi connectivity index (χ1) is 19.2. The second-order valence-corrected chi connectivity index (χ2v) is 10.8. The number of nitrogens with zero attached hydrogens (tertiary/aromatic N) is 1. The van der Waals surface area contributed by atoms with E-state index in [2.05, 4.69) is 21.7 Å². The topological polar surface area (TPSA) is 101 Å². The van der Waals surface area contributed by atoms with Crippen molar-refractivity contribution in [1.29, 1.82) is 0 Å². The summed E-state index contributed by atoms with van der Waals surface area (Å²) in [4.78, 5) is 26.4. The van der Waals surface area contributed by atoms with Crippen LogP contribution in [0.5, 0.6) is 11.5 Å². The molecule has 3 aromatic carbocycles. The van der Waals surface area contributed by atoms with Crippen LogP contribution in [-0.4, -0.2) is 40.7 Å². The van der Waals surface area contributed by atoms with E-state index in [1.807, 2.05) is 66.7 Å². The molecule has 0 radical (unpaired) electrons. The summed E-state index contributed by atoms with van der Waals surface area (Å²) in [6, 6.07) is 24.0. The number of carboxylic acids is 1. The SMILES string of the molecule is O=C(Nc1nc2ccc(Oc3ccccc3)cc2s1)c1cccc(C2CC2NCC2CC2)c1.O=C(O)C(F)(F)F. The van der Waals surface area contributed by atoms with Crippen molar-refractivity contribution in [3.63, 3.8) is 0 Å². The van der Waals surface area contributed by atoms with Crippen molar-refractivity contribution in [3.05, 3.63) is 83.9 Å². The number of amides is 1. The Kier molecular flexibility index (Phi) is 8.04. The van der Waals surface area contributed by atoms with Crippen molar-refractivity contribution in [1.82, 2.24) is 10.3 Å². The number of carbonyl (C=O) groups is 2. The van der Waals surface area contributed by atoms with Crippen LogP contribution >= 0.6 is 11.3 Å². The fourth-order valence-corrected chi connectivity index (χ4v) is 5.04. The maximum absolute atomic E-state index is 12.9. The minimum atomic E-state index is -5.08. The molecule has 2 atom stereocenters. The highest BCUT2D eigenvalue weighted by Crippen LogP contribution is 2.42. The summed E-state index contributed by atoms with van der Waals surface area (Å²) in [5.41, 5.74) is 2.75. The van der Waals surface area contributed by atoms with Crippen LogP contribution in [0.3, 0.4) is 0 Å². The Balaban J connectivity index is 0.000000411. The monoisotopic (exact) mass is 569 g/mol. The van der Waals surface area contributed by atoms with Crippen molar-refractivity contribution in [2.75, 3.05) is 11.9 Å². The van der Waals surface area contributed by atoms with E-state index in [0.717, 1.165) is 40.6 Å². The number of alkyl halides is 3. The highest BCUT2D eigenvalue weighted by atomic mass is 32.1. The van der Waals surface area contributed by atoms with Crippen molar-refractivity contribution in [3.8, 4) is 11.5 Å². The highest BCUT2D eigenvalue weighted by Gasteiger charge is 2.39. The average molecular weight is 570 g/mol. The molecular formula is C29H26F3N3O4S. The van der Waals surface area contributed by atoms with Crippen LogP contribution in [0, 0.1) is 5.92 Å². The maximum atomic E-state index is 12.9. The number of para-hydroxylation sites is 1. The van der Waals surface area contributed by atoms with E-state index in [-0.39, 0.29) is 5.91 Å². The predicted molar refractivity (Wildman–Crippen MR) is 146 cm³/mol. The van der Waals surface area contributed by atoms with E-state index >= 15 is 0 Å². The largest absolute Gasteiger partial charge is 0.490 e. The fraction of sp³-hybridized carbons (Fsp3) is 0.276. The van der Waals surface area contributed by atoms with Crippen LogP contribution < -0.4 is 15.4 Å². The van der Waals surface area contributed by atoms with Gasteiger partial charge in [-0.05, 0) is 73.7 Å². The van der Waals surface area contributed by atoms with E-state index in [0.29, 0.717) is 22.7 Å². The number of hydrogen-bond acceptors (Lipinski definition) is 6. The lowest BCUT2D eigenvalue weighted by Crippen LogP contribution is -2.21. The van der Waals surface area contributed by atoms with Crippen molar-refractivity contribution >= 4 is 38.6 Å². The number of carbonyl (C=O) groups excluding carboxylic acids is 1. The molecule has 0 spiro atoms. The zero-order valence-corrected chi connectivity index (χ0v) is 22.0. The Labute approximate surface area is 232 Å². The van der Waals surface area contributed by atoms with Crippen LogP contribution in [0.1, 0.15) is 41.1 Å². The number of aliphatic carboxylic acids is 1. The lowest BCUT2D eigenvalue weighted by Gasteiger charge is -2.06. The number of carboxylic acid groups (broad SMARTS) is 1. The number of ether oxygens (including phenoxy) is 1. The highest BCUT2D eigenvalue weighted by molar-refractivity contribution is 7.22. The van der Waals surface area contributed by atoms with Gasteiger partial charge in [0.2, 0.25) is 0 Å². The van der Waals surface area contributed by atoms with Crippen molar-refractivity contribution in [2.24, 2.45) is 5.92 Å². The minimum absolute atomic E-state index is 0.125. The van der Waals surface area contributed by atoms with Gasteiger partial charge in [0.1, 0.15) is 11.5 Å². The van der Waals surface area contributed by atoms with E-state index in [4.69, 9.17) is 14.6 Å². The third-order valence-corrected chi connectivity index (χ3v) is 7.47. The normalized spacial score (nSPS) is 18.0. The zero-order chi connectivity index (χ0) is 28.3. The molecule has 2 fully saturated rings. The summed E-state index contributed by atoms with van der Waals surface area (Å²) in [6.45, 7) is 1.14. The van der Waals surface area contributed by atoms with Gasteiger partial charge in [-0.3, -0.25) is 10.1 Å². The molecule has 40 heavy (non-hydrogen) atoms. The second kappa shape index (κ2) is 11.6. The molecule has 4 aromatic rings. The first-order valence-electron chi connectivity index (χ1n) is 12.7. The van der Waals surface area contributed by atoms with Crippen molar-refractivity contribution < 1.29 is 32.6 Å². The Morgan fingerprint density at radius 2 is 1.75 bits per heavy atom. The summed E-state index contributed by atoms with van der Waals surface area (Å²) in [5, 5.41) is 14.4. The predicted octanol–water partition coefficient (Wildman–Crippen LogP) is 6.83. The standard InChI is InChI=1S/C27H25N3O2S.C2HF3O2/c31-26(19-6-4-5-18(13-19)22-15-24(22)28-16-17-9-10-17)30-27-29-23-12-11-21(14-25(23)33-27)32-20-7-2-1-3-8-20;3-2(4,5)1(6)7/h1-8,11-14,17,22,24,28H,9-10,15-16H2,(H,29,30,31);(H,6,7). The smallest absolute Gasteiger partial charge is 0.475 e. The molecule has 1 aromatic heterocycles. The van der Waals surface area contributed by atoms with Crippen molar-refractivity contribution in [2.45, 2.75) is 37.4 Å². The lowest BCUT2D eigenvalue weighted by atomic mass is 10.1. The van der Waals surface area contributed by atoms with Gasteiger partial charge in [-0.25, -0.2) is 9.78 Å². The van der Waals surface area contributed by atoms with Gasteiger partial charge in [0.05, 0.1) is 10.2 Å². The molecule has 1 heterocycles. The van der Waals surface area contributed by atoms with Gasteiger partial charge >= 0.3 is 12.1 Å². The number of anilines is 1. The molecule has 3 N–H and O–H groups in total. The van der Waals surface area contributed by atoms with Gasteiger partial charge in [-0.2, -0.15) is 13.2 Å². The maximum Gasteiger partial charge on any atom is 0.490 e. The summed E-state index contributed by atoms with van der Waals surface area (Å²) in [7, 11) is 0.